The quantitative estimate of drug-likeness (QED) is 0.756. The monoisotopic (exact) mass is 281 g/mol. The highest BCUT2D eigenvalue weighted by Gasteiger charge is 2.20. The molecule has 0 aliphatic carbocycles. The zero-order valence-electron chi connectivity index (χ0n) is 11.5. The Balaban J connectivity index is 1.72. The standard InChI is InChI=1S/C12H19N5O3/c1-9-6-10(15-20-9)7-16-2-4-17(5-3-16)8-11(18)14-12(13)19/h6H,2-5,7-8H2,1H3,(H3,13,14,18,19). The first-order chi connectivity index (χ1) is 9.52. The molecule has 8 heteroatoms. The largest absolute Gasteiger partial charge is 0.361 e. The van der Waals surface area contributed by atoms with Gasteiger partial charge in [0.15, 0.2) is 0 Å². The Bertz CT molecular complexity index is 479. The number of imide groups is 1. The number of nitrogens with zero attached hydrogens (tertiary/aromatic N) is 3. The van der Waals surface area contributed by atoms with Gasteiger partial charge in [-0.05, 0) is 6.92 Å². The molecule has 1 aromatic rings. The highest BCUT2D eigenvalue weighted by molar-refractivity contribution is 5.94. The lowest BCUT2D eigenvalue weighted by Crippen LogP contribution is -2.50. The van der Waals surface area contributed by atoms with Crippen LogP contribution in [0.4, 0.5) is 4.79 Å². The average Bonchev–Trinajstić information content (AvgIpc) is 2.76. The van der Waals surface area contributed by atoms with Crippen LogP contribution in [0.1, 0.15) is 11.5 Å². The maximum atomic E-state index is 11.4. The van der Waals surface area contributed by atoms with Crippen molar-refractivity contribution in [1.82, 2.24) is 20.3 Å². The molecular formula is C12H19N5O3. The number of nitrogens with two attached hydrogens (primary N) is 1. The molecule has 2 rings (SSSR count). The van der Waals surface area contributed by atoms with Crippen molar-refractivity contribution < 1.29 is 14.1 Å². The first kappa shape index (κ1) is 14.5. The van der Waals surface area contributed by atoms with Gasteiger partial charge in [-0.15, -0.1) is 0 Å². The topological polar surface area (TPSA) is 105 Å². The molecule has 20 heavy (non-hydrogen) atoms. The van der Waals surface area contributed by atoms with Crippen molar-refractivity contribution in [2.75, 3.05) is 32.7 Å². The fraction of sp³-hybridized carbons (Fsp3) is 0.583. The summed E-state index contributed by atoms with van der Waals surface area (Å²) >= 11 is 0. The molecule has 0 spiro atoms. The summed E-state index contributed by atoms with van der Waals surface area (Å²) in [5, 5.41) is 6.03. The second-order valence-corrected chi connectivity index (χ2v) is 4.89. The first-order valence-electron chi connectivity index (χ1n) is 6.49. The van der Waals surface area contributed by atoms with Gasteiger partial charge in [0.1, 0.15) is 5.76 Å². The number of carbonyl (C=O) groups is 2. The third-order valence-corrected chi connectivity index (χ3v) is 3.16. The maximum absolute atomic E-state index is 11.4. The third kappa shape index (κ3) is 4.32. The molecule has 0 saturated carbocycles. The summed E-state index contributed by atoms with van der Waals surface area (Å²) in [4.78, 5) is 26.2. The Morgan fingerprint density at radius 2 is 2.00 bits per heavy atom. The van der Waals surface area contributed by atoms with Crippen molar-refractivity contribution in [3.8, 4) is 0 Å². The molecule has 1 aliphatic heterocycles. The Morgan fingerprint density at radius 3 is 2.55 bits per heavy atom. The van der Waals surface area contributed by atoms with Crippen LogP contribution in [-0.2, 0) is 11.3 Å². The second kappa shape index (κ2) is 6.49. The van der Waals surface area contributed by atoms with Crippen LogP contribution < -0.4 is 11.1 Å². The van der Waals surface area contributed by atoms with Gasteiger partial charge in [0.25, 0.3) is 0 Å². The van der Waals surface area contributed by atoms with Crippen molar-refractivity contribution >= 4 is 11.9 Å². The summed E-state index contributed by atoms with van der Waals surface area (Å²) in [6.45, 7) is 6.03. The zero-order chi connectivity index (χ0) is 14.5. The highest BCUT2D eigenvalue weighted by atomic mass is 16.5. The van der Waals surface area contributed by atoms with Gasteiger partial charge in [-0.1, -0.05) is 5.16 Å². The predicted molar refractivity (Wildman–Crippen MR) is 70.7 cm³/mol. The Kier molecular flexibility index (Phi) is 4.70. The zero-order valence-corrected chi connectivity index (χ0v) is 11.5. The normalized spacial score (nSPS) is 17.1. The van der Waals surface area contributed by atoms with Crippen LogP contribution in [0.15, 0.2) is 10.6 Å². The molecule has 0 bridgehead atoms. The lowest BCUT2D eigenvalue weighted by Gasteiger charge is -2.33. The van der Waals surface area contributed by atoms with Gasteiger partial charge in [-0.25, -0.2) is 4.79 Å². The summed E-state index contributed by atoms with van der Waals surface area (Å²) in [6.07, 6.45) is 0. The number of aryl methyl sites for hydroxylation is 1. The minimum Gasteiger partial charge on any atom is -0.361 e. The van der Waals surface area contributed by atoms with Gasteiger partial charge in [0, 0.05) is 38.8 Å². The van der Waals surface area contributed by atoms with Gasteiger partial charge < -0.3 is 10.3 Å². The lowest BCUT2D eigenvalue weighted by molar-refractivity contribution is -0.121. The lowest BCUT2D eigenvalue weighted by atomic mass is 10.2. The molecule has 3 N–H and O–H groups in total. The van der Waals surface area contributed by atoms with Crippen molar-refractivity contribution in [1.29, 1.82) is 0 Å². The molecule has 0 unspecified atom stereocenters. The number of rotatable bonds is 4. The minimum absolute atomic E-state index is 0.194. The minimum atomic E-state index is -0.810. The average molecular weight is 281 g/mol. The molecule has 110 valence electrons. The number of amides is 3. The molecule has 8 nitrogen and oxygen atoms in total. The van der Waals surface area contributed by atoms with E-state index in [4.69, 9.17) is 10.3 Å². The van der Waals surface area contributed by atoms with E-state index in [1.165, 1.54) is 0 Å². The number of aromatic nitrogens is 1. The smallest absolute Gasteiger partial charge is 0.318 e. The summed E-state index contributed by atoms with van der Waals surface area (Å²) < 4.78 is 5.03. The van der Waals surface area contributed by atoms with E-state index < -0.39 is 6.03 Å². The van der Waals surface area contributed by atoms with Crippen molar-refractivity contribution in [2.24, 2.45) is 5.73 Å². The molecule has 1 fully saturated rings. The van der Waals surface area contributed by atoms with Crippen LogP contribution >= 0.6 is 0 Å². The van der Waals surface area contributed by atoms with Gasteiger partial charge >= 0.3 is 6.03 Å². The predicted octanol–water partition coefficient (Wildman–Crippen LogP) is -0.704. The Labute approximate surface area is 116 Å². The van der Waals surface area contributed by atoms with E-state index in [1.54, 1.807) is 0 Å². The Morgan fingerprint density at radius 1 is 1.35 bits per heavy atom. The van der Waals surface area contributed by atoms with Gasteiger partial charge in [0.05, 0.1) is 12.2 Å². The summed E-state index contributed by atoms with van der Waals surface area (Å²) in [7, 11) is 0. The number of piperazine rings is 1. The van der Waals surface area contributed by atoms with Crippen molar-refractivity contribution in [3.63, 3.8) is 0 Å². The van der Waals surface area contributed by atoms with Crippen LogP contribution in [0.25, 0.3) is 0 Å². The molecule has 1 saturated heterocycles. The van der Waals surface area contributed by atoms with Crippen LogP contribution in [-0.4, -0.2) is 59.6 Å². The Hall–Kier alpha value is -1.93. The molecule has 3 amide bonds. The van der Waals surface area contributed by atoms with E-state index in [0.717, 1.165) is 44.2 Å². The summed E-state index contributed by atoms with van der Waals surface area (Å²) in [6, 6.07) is 1.11. The number of hydrogen-bond donors (Lipinski definition) is 2. The van der Waals surface area contributed by atoms with Crippen LogP contribution in [0.3, 0.4) is 0 Å². The van der Waals surface area contributed by atoms with Gasteiger partial charge in [0.2, 0.25) is 5.91 Å². The molecule has 0 radical (unpaired) electrons. The summed E-state index contributed by atoms with van der Waals surface area (Å²) in [5.74, 6) is 0.444. The van der Waals surface area contributed by atoms with E-state index in [1.807, 2.05) is 17.9 Å². The summed E-state index contributed by atoms with van der Waals surface area (Å²) in [5.41, 5.74) is 5.81. The van der Waals surface area contributed by atoms with Gasteiger partial charge in [-0.2, -0.15) is 0 Å². The molecule has 0 aromatic carbocycles. The van der Waals surface area contributed by atoms with Crippen molar-refractivity contribution in [3.05, 3.63) is 17.5 Å². The van der Waals surface area contributed by atoms with E-state index in [2.05, 4.69) is 15.4 Å². The number of carbonyl (C=O) groups excluding carboxylic acids is 2. The van der Waals surface area contributed by atoms with Crippen LogP contribution in [0.2, 0.25) is 0 Å². The third-order valence-electron chi connectivity index (χ3n) is 3.16. The first-order valence-corrected chi connectivity index (χ1v) is 6.49. The molecule has 1 aliphatic rings. The van der Waals surface area contributed by atoms with E-state index in [0.29, 0.717) is 0 Å². The second-order valence-electron chi connectivity index (χ2n) is 4.89. The number of urea groups is 1. The fourth-order valence-electron chi connectivity index (χ4n) is 2.21. The molecular weight excluding hydrogens is 262 g/mol. The number of nitrogens with one attached hydrogen (secondary N) is 1. The highest BCUT2D eigenvalue weighted by Crippen LogP contribution is 2.08. The van der Waals surface area contributed by atoms with Crippen LogP contribution in [0, 0.1) is 6.92 Å². The maximum Gasteiger partial charge on any atom is 0.318 e. The van der Waals surface area contributed by atoms with E-state index >= 15 is 0 Å². The SMILES string of the molecule is Cc1cc(CN2CCN(CC(=O)NC(N)=O)CC2)no1. The van der Waals surface area contributed by atoms with Crippen LogP contribution in [0.5, 0.6) is 0 Å². The number of primary amides is 1. The fourth-order valence-corrected chi connectivity index (χ4v) is 2.21. The molecule has 2 heterocycles. The number of hydrogen-bond acceptors (Lipinski definition) is 6. The van der Waals surface area contributed by atoms with E-state index in [9.17, 15) is 9.59 Å². The molecule has 0 atom stereocenters. The van der Waals surface area contributed by atoms with E-state index in [-0.39, 0.29) is 12.5 Å². The molecule has 1 aromatic heterocycles. The van der Waals surface area contributed by atoms with Gasteiger partial charge in [-0.3, -0.25) is 19.9 Å². The van der Waals surface area contributed by atoms with Crippen molar-refractivity contribution in [2.45, 2.75) is 13.5 Å².